The molecular formula is C17H12F4N2O4. The lowest BCUT2D eigenvalue weighted by atomic mass is 10.2. The molecule has 1 heterocycles. The van der Waals surface area contributed by atoms with Crippen LogP contribution in [0, 0.1) is 5.82 Å². The lowest BCUT2D eigenvalue weighted by Crippen LogP contribution is -2.17. The van der Waals surface area contributed by atoms with Gasteiger partial charge in [-0.3, -0.25) is 0 Å². The molecule has 0 atom stereocenters. The molecule has 0 aliphatic rings. The van der Waals surface area contributed by atoms with Crippen molar-refractivity contribution in [3.8, 4) is 17.5 Å². The predicted molar refractivity (Wildman–Crippen MR) is 84.4 cm³/mol. The summed E-state index contributed by atoms with van der Waals surface area (Å²) < 4.78 is 64.0. The van der Waals surface area contributed by atoms with Crippen LogP contribution in [-0.2, 0) is 6.42 Å². The molecule has 0 N–H and O–H groups in total. The first-order valence-corrected chi connectivity index (χ1v) is 7.64. The van der Waals surface area contributed by atoms with Gasteiger partial charge in [0.25, 0.3) is 0 Å². The summed E-state index contributed by atoms with van der Waals surface area (Å²) >= 11 is 0. The molecule has 1 aromatic heterocycles. The van der Waals surface area contributed by atoms with E-state index in [-0.39, 0.29) is 24.2 Å². The van der Waals surface area contributed by atoms with Crippen molar-refractivity contribution in [3.05, 3.63) is 70.5 Å². The van der Waals surface area contributed by atoms with Gasteiger partial charge >= 0.3 is 18.2 Å². The Morgan fingerprint density at radius 2 is 1.70 bits per heavy atom. The molecule has 0 spiro atoms. The van der Waals surface area contributed by atoms with E-state index < -0.39 is 17.9 Å². The van der Waals surface area contributed by atoms with E-state index in [0.717, 1.165) is 22.4 Å². The molecule has 0 unspecified atom stereocenters. The molecule has 3 rings (SSSR count). The van der Waals surface area contributed by atoms with Gasteiger partial charge in [0.1, 0.15) is 11.6 Å². The van der Waals surface area contributed by atoms with Gasteiger partial charge in [0.15, 0.2) is 0 Å². The second kappa shape index (κ2) is 7.52. The highest BCUT2D eigenvalue weighted by atomic mass is 19.4. The van der Waals surface area contributed by atoms with E-state index >= 15 is 0 Å². The van der Waals surface area contributed by atoms with Gasteiger partial charge in [-0.05, 0) is 42.0 Å². The summed E-state index contributed by atoms with van der Waals surface area (Å²) in [5.41, 5.74) is 0.991. The molecule has 0 aliphatic carbocycles. The molecule has 0 aliphatic heterocycles. The van der Waals surface area contributed by atoms with E-state index in [4.69, 9.17) is 9.15 Å². The average Bonchev–Trinajstić information content (AvgIpc) is 2.97. The first-order chi connectivity index (χ1) is 12.8. The van der Waals surface area contributed by atoms with E-state index in [2.05, 4.69) is 9.84 Å². The SMILES string of the molecule is O=c1oc(OCCc2ccc(F)cc2)nn1-c1ccc(OC(F)(F)F)cc1. The smallest absolute Gasteiger partial charge is 0.449 e. The lowest BCUT2D eigenvalue weighted by molar-refractivity contribution is -0.274. The Hall–Kier alpha value is -3.30. The maximum absolute atomic E-state index is 12.8. The molecule has 0 fully saturated rings. The third-order valence-corrected chi connectivity index (χ3v) is 3.37. The molecule has 0 bridgehead atoms. The van der Waals surface area contributed by atoms with Crippen molar-refractivity contribution in [2.45, 2.75) is 12.8 Å². The Labute approximate surface area is 149 Å². The van der Waals surface area contributed by atoms with Gasteiger partial charge in [-0.2, -0.15) is 4.68 Å². The van der Waals surface area contributed by atoms with Crippen molar-refractivity contribution in [1.82, 2.24) is 9.78 Å². The molecule has 2 aromatic carbocycles. The first-order valence-electron chi connectivity index (χ1n) is 7.64. The van der Waals surface area contributed by atoms with Crippen molar-refractivity contribution in [2.75, 3.05) is 6.61 Å². The number of alkyl halides is 3. The number of rotatable bonds is 6. The van der Waals surface area contributed by atoms with Crippen LogP contribution in [0.2, 0.25) is 0 Å². The van der Waals surface area contributed by atoms with Gasteiger partial charge in [0.05, 0.1) is 12.3 Å². The number of ether oxygens (including phenoxy) is 2. The number of hydrogen-bond donors (Lipinski definition) is 0. The summed E-state index contributed by atoms with van der Waals surface area (Å²) in [4.78, 5) is 11.8. The molecule has 142 valence electrons. The highest BCUT2D eigenvalue weighted by Crippen LogP contribution is 2.23. The molecular weight excluding hydrogens is 372 g/mol. The summed E-state index contributed by atoms with van der Waals surface area (Å²) in [6.07, 6.45) is -4.67. The zero-order valence-electron chi connectivity index (χ0n) is 13.6. The Kier molecular flexibility index (Phi) is 5.15. The van der Waals surface area contributed by atoms with Crippen molar-refractivity contribution < 1.29 is 31.5 Å². The third-order valence-electron chi connectivity index (χ3n) is 3.37. The lowest BCUT2D eigenvalue weighted by Gasteiger charge is -2.08. The fourth-order valence-electron chi connectivity index (χ4n) is 2.18. The standard InChI is InChI=1S/C17H12F4N2O4/c18-12-3-1-11(2-4-12)9-10-25-15-22-23(16(24)26-15)13-5-7-14(8-6-13)27-17(19,20)21/h1-8H,9-10H2. The fraction of sp³-hybridized carbons (Fsp3) is 0.176. The Balaban J connectivity index is 1.63. The maximum Gasteiger partial charge on any atom is 0.573 e. The van der Waals surface area contributed by atoms with Crippen molar-refractivity contribution in [3.63, 3.8) is 0 Å². The second-order valence-electron chi connectivity index (χ2n) is 5.31. The van der Waals surface area contributed by atoms with Crippen LogP contribution in [-0.4, -0.2) is 22.7 Å². The van der Waals surface area contributed by atoms with Crippen molar-refractivity contribution >= 4 is 0 Å². The molecule has 6 nitrogen and oxygen atoms in total. The zero-order chi connectivity index (χ0) is 19.4. The topological polar surface area (TPSA) is 66.5 Å². The number of benzene rings is 2. The number of aromatic nitrogens is 2. The molecule has 0 saturated heterocycles. The Morgan fingerprint density at radius 3 is 2.33 bits per heavy atom. The second-order valence-corrected chi connectivity index (χ2v) is 5.31. The maximum atomic E-state index is 12.8. The van der Waals surface area contributed by atoms with Crippen LogP contribution in [0.4, 0.5) is 17.6 Å². The number of nitrogens with zero attached hydrogens (tertiary/aromatic N) is 2. The van der Waals surface area contributed by atoms with Crippen LogP contribution < -0.4 is 15.2 Å². The number of hydrogen-bond acceptors (Lipinski definition) is 5. The summed E-state index contributed by atoms with van der Waals surface area (Å²) in [5.74, 6) is -1.65. The van der Waals surface area contributed by atoms with E-state index in [1.165, 1.54) is 24.3 Å². The van der Waals surface area contributed by atoms with Gasteiger partial charge in [0.2, 0.25) is 0 Å². The minimum absolute atomic E-state index is 0.129. The summed E-state index contributed by atoms with van der Waals surface area (Å²) in [5, 5.41) is 3.82. The van der Waals surface area contributed by atoms with Crippen molar-refractivity contribution in [2.24, 2.45) is 0 Å². The van der Waals surface area contributed by atoms with Crippen molar-refractivity contribution in [1.29, 1.82) is 0 Å². The normalized spacial score (nSPS) is 11.4. The monoisotopic (exact) mass is 384 g/mol. The highest BCUT2D eigenvalue weighted by Gasteiger charge is 2.31. The van der Waals surface area contributed by atoms with E-state index in [9.17, 15) is 22.4 Å². The summed E-state index contributed by atoms with van der Waals surface area (Å²) in [7, 11) is 0. The van der Waals surface area contributed by atoms with E-state index in [0.29, 0.717) is 6.42 Å². The zero-order valence-corrected chi connectivity index (χ0v) is 13.6. The van der Waals surface area contributed by atoms with Crippen LogP contribution in [0.15, 0.2) is 57.7 Å². The molecule has 10 heteroatoms. The highest BCUT2D eigenvalue weighted by molar-refractivity contribution is 5.36. The minimum atomic E-state index is -4.81. The van der Waals surface area contributed by atoms with Gasteiger partial charge < -0.3 is 13.9 Å². The predicted octanol–water partition coefficient (Wildman–Crippen LogP) is 3.48. The van der Waals surface area contributed by atoms with Crippen LogP contribution in [0.25, 0.3) is 5.69 Å². The third kappa shape index (κ3) is 5.09. The van der Waals surface area contributed by atoms with Gasteiger partial charge in [0, 0.05) is 6.42 Å². The van der Waals surface area contributed by atoms with Gasteiger partial charge in [-0.25, -0.2) is 9.18 Å². The molecule has 27 heavy (non-hydrogen) atoms. The summed E-state index contributed by atoms with van der Waals surface area (Å²) in [6.45, 7) is 0.129. The molecule has 0 saturated carbocycles. The molecule has 3 aromatic rings. The Bertz CT molecular complexity index is 947. The Morgan fingerprint density at radius 1 is 1.04 bits per heavy atom. The largest absolute Gasteiger partial charge is 0.573 e. The molecule has 0 amide bonds. The van der Waals surface area contributed by atoms with Crippen LogP contribution in [0.3, 0.4) is 0 Å². The number of halogens is 4. The quantitative estimate of drug-likeness (QED) is 0.609. The van der Waals surface area contributed by atoms with E-state index in [1.54, 1.807) is 12.1 Å². The average molecular weight is 384 g/mol. The minimum Gasteiger partial charge on any atom is -0.449 e. The fourth-order valence-corrected chi connectivity index (χ4v) is 2.18. The summed E-state index contributed by atoms with van der Waals surface area (Å²) in [6, 6.07) is 10.3. The molecule has 0 radical (unpaired) electrons. The van der Waals surface area contributed by atoms with Gasteiger partial charge in [-0.15, -0.1) is 13.2 Å². The van der Waals surface area contributed by atoms with E-state index in [1.807, 2.05) is 0 Å². The first kappa shape index (κ1) is 18.5. The van der Waals surface area contributed by atoms with Crippen LogP contribution >= 0.6 is 0 Å². The van der Waals surface area contributed by atoms with Crippen LogP contribution in [0.5, 0.6) is 11.8 Å². The van der Waals surface area contributed by atoms with Gasteiger partial charge in [-0.1, -0.05) is 17.2 Å². The van der Waals surface area contributed by atoms with Crippen LogP contribution in [0.1, 0.15) is 5.56 Å².